The van der Waals surface area contributed by atoms with E-state index in [4.69, 9.17) is 4.74 Å². The Balaban J connectivity index is 2.36. The molecular formula is C14H23NO3Si. The monoisotopic (exact) mass is 281 g/mol. The second kappa shape index (κ2) is 7.30. The minimum Gasteiger partial charge on any atom is -0.449 e. The average molecular weight is 281 g/mol. The Bertz CT molecular complexity index is 389. The van der Waals surface area contributed by atoms with Gasteiger partial charge in [0, 0.05) is 26.3 Å². The average Bonchev–Trinajstić information content (AvgIpc) is 2.34. The molecule has 1 amide bonds. The summed E-state index contributed by atoms with van der Waals surface area (Å²) in [5.41, 5.74) is 0.707. The quantitative estimate of drug-likeness (QED) is 0.787. The predicted octanol–water partition coefficient (Wildman–Crippen LogP) is 3.18. The maximum Gasteiger partial charge on any atom is 0.411 e. The number of benzene rings is 1. The van der Waals surface area contributed by atoms with Gasteiger partial charge in [-0.25, -0.2) is 4.79 Å². The number of para-hydroxylation sites is 1. The minimum atomic E-state index is -1.26. The van der Waals surface area contributed by atoms with Gasteiger partial charge in [-0.1, -0.05) is 37.8 Å². The summed E-state index contributed by atoms with van der Waals surface area (Å²) < 4.78 is 5.16. The largest absolute Gasteiger partial charge is 0.449 e. The summed E-state index contributed by atoms with van der Waals surface area (Å²) in [6, 6.07) is 10.1. The number of aliphatic hydroxyl groups excluding tert-OH is 1. The number of anilines is 1. The van der Waals surface area contributed by atoms with Crippen molar-refractivity contribution in [2.45, 2.75) is 25.7 Å². The van der Waals surface area contributed by atoms with E-state index in [1.54, 1.807) is 12.1 Å². The molecule has 1 unspecified atom stereocenters. The first-order valence-corrected chi connectivity index (χ1v) is 10.2. The van der Waals surface area contributed by atoms with E-state index >= 15 is 0 Å². The van der Waals surface area contributed by atoms with Crippen molar-refractivity contribution >= 4 is 19.9 Å². The molecule has 0 fully saturated rings. The Morgan fingerprint density at radius 3 is 2.47 bits per heavy atom. The first kappa shape index (κ1) is 15.7. The van der Waals surface area contributed by atoms with E-state index in [1.165, 1.54) is 0 Å². The summed E-state index contributed by atoms with van der Waals surface area (Å²) in [5, 5.41) is 12.0. The summed E-state index contributed by atoms with van der Waals surface area (Å²) in [6.07, 6.45) is -0.472. The molecule has 0 saturated heterocycles. The SMILES string of the molecule is C[Si](C)(C)CC(CO)COC(=O)Nc1ccccc1. The number of hydrogen-bond acceptors (Lipinski definition) is 3. The zero-order chi connectivity index (χ0) is 14.3. The molecular weight excluding hydrogens is 258 g/mol. The van der Waals surface area contributed by atoms with Gasteiger partial charge in [-0.05, 0) is 18.2 Å². The molecule has 1 rings (SSSR count). The molecule has 1 atom stereocenters. The third kappa shape index (κ3) is 6.98. The molecule has 106 valence electrons. The molecule has 0 radical (unpaired) electrons. The number of aliphatic hydroxyl groups is 1. The van der Waals surface area contributed by atoms with Crippen molar-refractivity contribution in [3.8, 4) is 0 Å². The zero-order valence-electron chi connectivity index (χ0n) is 11.8. The van der Waals surface area contributed by atoms with Gasteiger partial charge in [-0.3, -0.25) is 5.32 Å². The standard InChI is InChI=1S/C14H23NO3Si/c1-19(2,3)11-12(9-16)10-18-14(17)15-13-7-5-4-6-8-13/h4-8,12,16H,9-11H2,1-3H3,(H,15,17). The molecule has 4 nitrogen and oxygen atoms in total. The zero-order valence-corrected chi connectivity index (χ0v) is 12.8. The highest BCUT2D eigenvalue weighted by Gasteiger charge is 2.21. The Hall–Kier alpha value is -1.33. The fourth-order valence-corrected chi connectivity index (χ4v) is 3.89. The lowest BCUT2D eigenvalue weighted by Crippen LogP contribution is -2.29. The summed E-state index contributed by atoms with van der Waals surface area (Å²) in [6.45, 7) is 7.03. The number of hydrogen-bond donors (Lipinski definition) is 2. The van der Waals surface area contributed by atoms with Crippen molar-refractivity contribution in [2.24, 2.45) is 5.92 Å². The van der Waals surface area contributed by atoms with Gasteiger partial charge in [0.05, 0.1) is 6.61 Å². The van der Waals surface area contributed by atoms with Gasteiger partial charge in [0.2, 0.25) is 0 Å². The van der Waals surface area contributed by atoms with Crippen LogP contribution >= 0.6 is 0 Å². The van der Waals surface area contributed by atoms with Gasteiger partial charge in [0.1, 0.15) is 0 Å². The molecule has 0 aliphatic heterocycles. The number of carbonyl (C=O) groups is 1. The van der Waals surface area contributed by atoms with Gasteiger partial charge in [-0.2, -0.15) is 0 Å². The van der Waals surface area contributed by atoms with E-state index in [1.807, 2.05) is 18.2 Å². The molecule has 0 heterocycles. The van der Waals surface area contributed by atoms with Gasteiger partial charge in [0.25, 0.3) is 0 Å². The lowest BCUT2D eigenvalue weighted by atomic mass is 10.2. The predicted molar refractivity (Wildman–Crippen MR) is 80.1 cm³/mol. The van der Waals surface area contributed by atoms with Crippen LogP contribution < -0.4 is 5.32 Å². The van der Waals surface area contributed by atoms with Crippen LogP contribution in [0.5, 0.6) is 0 Å². The highest BCUT2D eigenvalue weighted by molar-refractivity contribution is 6.76. The van der Waals surface area contributed by atoms with Crippen LogP contribution in [0, 0.1) is 5.92 Å². The van der Waals surface area contributed by atoms with Gasteiger partial charge in [0.15, 0.2) is 0 Å². The van der Waals surface area contributed by atoms with E-state index in [-0.39, 0.29) is 19.1 Å². The number of rotatable bonds is 6. The van der Waals surface area contributed by atoms with E-state index in [0.717, 1.165) is 6.04 Å². The van der Waals surface area contributed by atoms with Crippen molar-refractivity contribution in [3.05, 3.63) is 30.3 Å². The first-order valence-electron chi connectivity index (χ1n) is 6.50. The van der Waals surface area contributed by atoms with Crippen LogP contribution in [0.15, 0.2) is 30.3 Å². The van der Waals surface area contributed by atoms with Gasteiger partial charge in [-0.15, -0.1) is 0 Å². The Morgan fingerprint density at radius 1 is 1.32 bits per heavy atom. The lowest BCUT2D eigenvalue weighted by Gasteiger charge is -2.22. The number of ether oxygens (including phenoxy) is 1. The normalized spacial score (nSPS) is 12.8. The summed E-state index contributed by atoms with van der Waals surface area (Å²) >= 11 is 0. The van der Waals surface area contributed by atoms with E-state index in [2.05, 4.69) is 25.0 Å². The molecule has 1 aromatic carbocycles. The Morgan fingerprint density at radius 2 is 1.95 bits per heavy atom. The van der Waals surface area contributed by atoms with Crippen molar-refractivity contribution < 1.29 is 14.6 Å². The molecule has 1 aromatic rings. The highest BCUT2D eigenvalue weighted by atomic mass is 28.3. The number of amides is 1. The molecule has 0 aliphatic rings. The van der Waals surface area contributed by atoms with Crippen molar-refractivity contribution in [1.82, 2.24) is 0 Å². The summed E-state index contributed by atoms with van der Waals surface area (Å²) in [7, 11) is -1.26. The number of nitrogens with one attached hydrogen (secondary N) is 1. The third-order valence-electron chi connectivity index (χ3n) is 2.63. The summed E-state index contributed by atoms with van der Waals surface area (Å²) in [4.78, 5) is 11.6. The molecule has 0 spiro atoms. The molecule has 0 saturated carbocycles. The minimum absolute atomic E-state index is 0.0354. The van der Waals surface area contributed by atoms with Crippen LogP contribution in [0.1, 0.15) is 0 Å². The molecule has 0 aliphatic carbocycles. The molecule has 0 aromatic heterocycles. The smallest absolute Gasteiger partial charge is 0.411 e. The summed E-state index contributed by atoms with van der Waals surface area (Å²) in [5.74, 6) is 0.0354. The number of carbonyl (C=O) groups excluding carboxylic acids is 1. The molecule has 5 heteroatoms. The fourth-order valence-electron chi connectivity index (χ4n) is 1.91. The van der Waals surface area contributed by atoms with Crippen LogP contribution in [-0.2, 0) is 4.74 Å². The topological polar surface area (TPSA) is 58.6 Å². The maximum absolute atomic E-state index is 11.6. The van der Waals surface area contributed by atoms with Crippen LogP contribution in [0.25, 0.3) is 0 Å². The Kier molecular flexibility index (Phi) is 6.04. The van der Waals surface area contributed by atoms with E-state index in [9.17, 15) is 9.90 Å². The second-order valence-electron chi connectivity index (χ2n) is 5.90. The highest BCUT2D eigenvalue weighted by Crippen LogP contribution is 2.17. The van der Waals surface area contributed by atoms with Gasteiger partial charge < -0.3 is 9.84 Å². The van der Waals surface area contributed by atoms with Crippen LogP contribution in [-0.4, -0.2) is 32.5 Å². The van der Waals surface area contributed by atoms with E-state index in [0.29, 0.717) is 5.69 Å². The molecule has 0 bridgehead atoms. The maximum atomic E-state index is 11.6. The van der Waals surface area contributed by atoms with Crippen molar-refractivity contribution in [1.29, 1.82) is 0 Å². The van der Waals surface area contributed by atoms with Crippen LogP contribution in [0.4, 0.5) is 10.5 Å². The first-order chi connectivity index (χ1) is 8.90. The van der Waals surface area contributed by atoms with Crippen LogP contribution in [0.2, 0.25) is 25.7 Å². The fraction of sp³-hybridized carbons (Fsp3) is 0.500. The molecule has 19 heavy (non-hydrogen) atoms. The Labute approximate surface area is 115 Å². The van der Waals surface area contributed by atoms with Gasteiger partial charge >= 0.3 is 6.09 Å². The van der Waals surface area contributed by atoms with Crippen LogP contribution in [0.3, 0.4) is 0 Å². The van der Waals surface area contributed by atoms with Crippen molar-refractivity contribution in [3.63, 3.8) is 0 Å². The molecule has 2 N–H and O–H groups in total. The van der Waals surface area contributed by atoms with Crippen molar-refractivity contribution in [2.75, 3.05) is 18.5 Å². The second-order valence-corrected chi connectivity index (χ2v) is 11.4. The van der Waals surface area contributed by atoms with E-state index < -0.39 is 14.2 Å². The lowest BCUT2D eigenvalue weighted by molar-refractivity contribution is 0.120. The third-order valence-corrected chi connectivity index (χ3v) is 4.43.